The van der Waals surface area contributed by atoms with E-state index in [0.29, 0.717) is 17.1 Å². The Balaban J connectivity index is 1.85. The molecule has 0 aliphatic heterocycles. The van der Waals surface area contributed by atoms with Crippen LogP contribution in [-0.4, -0.2) is 18.5 Å². The molecule has 0 bridgehead atoms. The second-order valence-corrected chi connectivity index (χ2v) is 9.24. The SMILES string of the molecule is Cc1ccc(NC(=S)Nc2cccnc2)c(S(=O)(=O)Nc2ccc(I)cc2)c1. The molecule has 9 heteroatoms. The number of aromatic nitrogens is 1. The van der Waals surface area contributed by atoms with Gasteiger partial charge in [-0.3, -0.25) is 9.71 Å². The Morgan fingerprint density at radius 2 is 1.79 bits per heavy atom. The van der Waals surface area contributed by atoms with E-state index in [1.165, 1.54) is 0 Å². The third kappa shape index (κ3) is 5.40. The van der Waals surface area contributed by atoms with E-state index in [1.54, 1.807) is 42.7 Å². The fourth-order valence-electron chi connectivity index (χ4n) is 2.40. The zero-order valence-electron chi connectivity index (χ0n) is 14.8. The molecular formula is C19H17IN4O2S2. The molecule has 0 radical (unpaired) electrons. The number of nitrogens with zero attached hydrogens (tertiary/aromatic N) is 1. The van der Waals surface area contributed by atoms with E-state index in [4.69, 9.17) is 12.2 Å². The Kier molecular flexibility index (Phi) is 6.47. The molecule has 0 atom stereocenters. The van der Waals surface area contributed by atoms with Gasteiger partial charge in [0.2, 0.25) is 0 Å². The molecule has 0 fully saturated rings. The summed E-state index contributed by atoms with van der Waals surface area (Å²) in [6.45, 7) is 1.83. The van der Waals surface area contributed by atoms with Gasteiger partial charge in [0.15, 0.2) is 5.11 Å². The molecule has 1 aromatic heterocycles. The minimum atomic E-state index is -3.81. The Morgan fingerprint density at radius 3 is 2.46 bits per heavy atom. The van der Waals surface area contributed by atoms with Crippen LogP contribution in [0.25, 0.3) is 0 Å². The van der Waals surface area contributed by atoms with Crippen molar-refractivity contribution in [3.8, 4) is 0 Å². The summed E-state index contributed by atoms with van der Waals surface area (Å²) in [5.74, 6) is 0. The normalized spacial score (nSPS) is 10.9. The Labute approximate surface area is 183 Å². The van der Waals surface area contributed by atoms with Crippen LogP contribution in [0.3, 0.4) is 0 Å². The first kappa shape index (κ1) is 20.5. The monoisotopic (exact) mass is 524 g/mol. The Morgan fingerprint density at radius 1 is 1.04 bits per heavy atom. The van der Waals surface area contributed by atoms with E-state index >= 15 is 0 Å². The van der Waals surface area contributed by atoms with Gasteiger partial charge in [0.05, 0.1) is 17.6 Å². The quantitative estimate of drug-likeness (QED) is 0.334. The van der Waals surface area contributed by atoms with Crippen LogP contribution in [-0.2, 0) is 10.0 Å². The van der Waals surface area contributed by atoms with Crippen molar-refractivity contribution in [1.82, 2.24) is 4.98 Å². The average molecular weight is 524 g/mol. The van der Waals surface area contributed by atoms with Crippen LogP contribution >= 0.6 is 34.8 Å². The molecular weight excluding hydrogens is 507 g/mol. The molecule has 2 aromatic carbocycles. The van der Waals surface area contributed by atoms with E-state index in [2.05, 4.69) is 42.9 Å². The van der Waals surface area contributed by atoms with E-state index in [1.807, 2.05) is 31.2 Å². The number of nitrogens with one attached hydrogen (secondary N) is 3. The number of hydrogen-bond acceptors (Lipinski definition) is 4. The topological polar surface area (TPSA) is 83.1 Å². The minimum absolute atomic E-state index is 0.112. The molecule has 0 saturated heterocycles. The third-order valence-electron chi connectivity index (χ3n) is 3.69. The van der Waals surface area contributed by atoms with E-state index in [0.717, 1.165) is 9.13 Å². The van der Waals surface area contributed by atoms with Crippen molar-refractivity contribution in [2.24, 2.45) is 0 Å². The summed E-state index contributed by atoms with van der Waals surface area (Å²) < 4.78 is 29.6. The van der Waals surface area contributed by atoms with E-state index < -0.39 is 10.0 Å². The summed E-state index contributed by atoms with van der Waals surface area (Å²) in [6, 6.07) is 15.8. The smallest absolute Gasteiger partial charge is 0.263 e. The number of sulfonamides is 1. The lowest BCUT2D eigenvalue weighted by atomic mass is 10.2. The highest BCUT2D eigenvalue weighted by atomic mass is 127. The van der Waals surface area contributed by atoms with Crippen molar-refractivity contribution in [3.63, 3.8) is 0 Å². The molecule has 1 heterocycles. The molecule has 3 N–H and O–H groups in total. The number of aryl methyl sites for hydroxylation is 1. The van der Waals surface area contributed by atoms with Crippen LogP contribution in [0.4, 0.5) is 17.1 Å². The molecule has 0 spiro atoms. The number of halogens is 1. The number of hydrogen-bond donors (Lipinski definition) is 3. The van der Waals surface area contributed by atoms with E-state index in [9.17, 15) is 8.42 Å². The van der Waals surface area contributed by atoms with Gasteiger partial charge in [-0.15, -0.1) is 0 Å². The van der Waals surface area contributed by atoms with Gasteiger partial charge in [-0.1, -0.05) is 6.07 Å². The van der Waals surface area contributed by atoms with E-state index in [-0.39, 0.29) is 10.0 Å². The summed E-state index contributed by atoms with van der Waals surface area (Å²) in [6.07, 6.45) is 3.28. The van der Waals surface area contributed by atoms with Crippen molar-refractivity contribution in [2.75, 3.05) is 15.4 Å². The van der Waals surface area contributed by atoms with Crippen molar-refractivity contribution < 1.29 is 8.42 Å². The maximum atomic E-state index is 13.0. The molecule has 6 nitrogen and oxygen atoms in total. The van der Waals surface area contributed by atoms with Crippen LogP contribution in [0.5, 0.6) is 0 Å². The number of thiocarbonyl (C=S) groups is 1. The summed E-state index contributed by atoms with van der Waals surface area (Å²) >= 11 is 7.48. The lowest BCUT2D eigenvalue weighted by Gasteiger charge is -2.16. The van der Waals surface area contributed by atoms with Crippen LogP contribution in [0, 0.1) is 10.5 Å². The lowest BCUT2D eigenvalue weighted by Crippen LogP contribution is -2.22. The lowest BCUT2D eigenvalue weighted by molar-refractivity contribution is 0.601. The summed E-state index contributed by atoms with van der Waals surface area (Å²) in [7, 11) is -3.81. The summed E-state index contributed by atoms with van der Waals surface area (Å²) in [4.78, 5) is 4.12. The van der Waals surface area contributed by atoms with Gasteiger partial charge in [0.25, 0.3) is 10.0 Å². The molecule has 3 aromatic rings. The molecule has 0 amide bonds. The first-order valence-corrected chi connectivity index (χ1v) is 11.2. The zero-order chi connectivity index (χ0) is 20.1. The maximum absolute atomic E-state index is 13.0. The fraction of sp³-hybridized carbons (Fsp3) is 0.0526. The van der Waals surface area contributed by atoms with Gasteiger partial charge in [-0.2, -0.15) is 0 Å². The number of anilines is 3. The minimum Gasteiger partial charge on any atom is -0.331 e. The first-order chi connectivity index (χ1) is 13.3. The fourth-order valence-corrected chi connectivity index (χ4v) is 4.30. The maximum Gasteiger partial charge on any atom is 0.263 e. The van der Waals surface area contributed by atoms with Crippen LogP contribution in [0.2, 0.25) is 0 Å². The Bertz CT molecular complexity index is 1090. The molecule has 3 rings (SSSR count). The molecule has 0 aliphatic rings. The largest absolute Gasteiger partial charge is 0.331 e. The van der Waals surface area contributed by atoms with Gasteiger partial charge < -0.3 is 10.6 Å². The predicted octanol–water partition coefficient (Wildman–Crippen LogP) is 4.60. The number of rotatable bonds is 5. The molecule has 144 valence electrons. The highest BCUT2D eigenvalue weighted by molar-refractivity contribution is 14.1. The zero-order valence-corrected chi connectivity index (χ0v) is 18.6. The number of benzene rings is 2. The number of pyridine rings is 1. The second kappa shape index (κ2) is 8.84. The average Bonchev–Trinajstić information content (AvgIpc) is 2.65. The van der Waals surface area contributed by atoms with Crippen molar-refractivity contribution in [2.45, 2.75) is 11.8 Å². The van der Waals surface area contributed by atoms with Crippen molar-refractivity contribution in [1.29, 1.82) is 0 Å². The van der Waals surface area contributed by atoms with Gasteiger partial charge in [0, 0.05) is 15.5 Å². The van der Waals surface area contributed by atoms with Gasteiger partial charge in [-0.25, -0.2) is 8.42 Å². The van der Waals surface area contributed by atoms with Crippen LogP contribution < -0.4 is 15.4 Å². The molecule has 0 aliphatic carbocycles. The summed E-state index contributed by atoms with van der Waals surface area (Å²) in [5.41, 5.74) is 2.39. The van der Waals surface area contributed by atoms with Crippen molar-refractivity contribution in [3.05, 3.63) is 76.1 Å². The predicted molar refractivity (Wildman–Crippen MR) is 125 cm³/mol. The van der Waals surface area contributed by atoms with Gasteiger partial charge in [0.1, 0.15) is 4.90 Å². The van der Waals surface area contributed by atoms with Crippen molar-refractivity contribution >= 4 is 67.0 Å². The standard InChI is InChI=1S/C19H17IN4O2S2/c1-13-4-9-17(23-19(27)22-16-3-2-10-21-12-16)18(11-13)28(25,26)24-15-7-5-14(20)6-8-15/h2-12,24H,1H3,(H2,22,23,27). The van der Waals surface area contributed by atoms with Gasteiger partial charge >= 0.3 is 0 Å². The van der Waals surface area contributed by atoms with Crippen LogP contribution in [0.15, 0.2) is 71.9 Å². The molecule has 0 unspecified atom stereocenters. The van der Waals surface area contributed by atoms with Gasteiger partial charge in [-0.05, 0) is 95.8 Å². The second-order valence-electron chi connectivity index (χ2n) is 5.93. The third-order valence-corrected chi connectivity index (χ3v) is 6.04. The highest BCUT2D eigenvalue weighted by Crippen LogP contribution is 2.26. The molecule has 0 saturated carbocycles. The highest BCUT2D eigenvalue weighted by Gasteiger charge is 2.20. The Hall–Kier alpha value is -2.24. The summed E-state index contributed by atoms with van der Waals surface area (Å²) in [5, 5.41) is 6.21. The first-order valence-electron chi connectivity index (χ1n) is 8.20. The van der Waals surface area contributed by atoms with Crippen LogP contribution in [0.1, 0.15) is 5.56 Å². The molecule has 28 heavy (non-hydrogen) atoms.